The van der Waals surface area contributed by atoms with E-state index in [2.05, 4.69) is 50.0 Å². The van der Waals surface area contributed by atoms with E-state index in [9.17, 15) is 0 Å². The molecule has 92 valence electrons. The molecule has 0 aliphatic carbocycles. The number of nitrogens with zero attached hydrogens (tertiary/aromatic N) is 2. The molecule has 0 fully saturated rings. The molecule has 2 rings (SSSR count). The van der Waals surface area contributed by atoms with Gasteiger partial charge in [0, 0.05) is 5.39 Å². The van der Waals surface area contributed by atoms with Crippen LogP contribution in [0, 0.1) is 32.1 Å². The Kier molecular flexibility index (Phi) is 3.58. The van der Waals surface area contributed by atoms with Crippen molar-refractivity contribution in [1.29, 1.82) is 5.26 Å². The Morgan fingerprint density at radius 2 is 1.89 bits per heavy atom. The number of nitriles is 1. The van der Waals surface area contributed by atoms with E-state index in [4.69, 9.17) is 5.26 Å². The zero-order valence-corrected chi connectivity index (χ0v) is 11.9. The van der Waals surface area contributed by atoms with Crippen molar-refractivity contribution in [1.82, 2.24) is 4.98 Å². The highest BCUT2D eigenvalue weighted by atomic mass is 32.2. The van der Waals surface area contributed by atoms with Crippen molar-refractivity contribution in [3.63, 3.8) is 0 Å². The Balaban J connectivity index is 2.59. The molecule has 0 aliphatic rings. The summed E-state index contributed by atoms with van der Waals surface area (Å²) in [7, 11) is 0. The first-order valence-corrected chi connectivity index (χ1v) is 6.84. The summed E-state index contributed by atoms with van der Waals surface area (Å²) in [6, 6.07) is 8.62. The number of rotatable bonds is 2. The van der Waals surface area contributed by atoms with E-state index < -0.39 is 0 Å². The van der Waals surface area contributed by atoms with Crippen LogP contribution in [0.2, 0.25) is 0 Å². The van der Waals surface area contributed by atoms with Crippen LogP contribution in [0.1, 0.15) is 23.6 Å². The Bertz CT molecular complexity index is 641. The number of thioether (sulfide) groups is 1. The van der Waals surface area contributed by atoms with Crippen molar-refractivity contribution < 1.29 is 0 Å². The average molecular weight is 256 g/mol. The highest BCUT2D eigenvalue weighted by Crippen LogP contribution is 2.28. The Labute approximate surface area is 112 Å². The molecule has 1 atom stereocenters. The third-order valence-corrected chi connectivity index (χ3v) is 3.82. The van der Waals surface area contributed by atoms with Crippen molar-refractivity contribution in [3.8, 4) is 6.07 Å². The standard InChI is InChI=1S/C15H16N2S/c1-9-5-11(3)15-13(6-9)10(2)7-14(17-15)18-12(4)8-16/h5-7,12H,1-4H3/t12-/m0/s1. The summed E-state index contributed by atoms with van der Waals surface area (Å²) >= 11 is 1.51. The molecule has 0 spiro atoms. The van der Waals surface area contributed by atoms with E-state index in [1.807, 2.05) is 6.92 Å². The first-order valence-electron chi connectivity index (χ1n) is 5.96. The second kappa shape index (κ2) is 4.99. The molecule has 0 unspecified atom stereocenters. The molecule has 2 nitrogen and oxygen atoms in total. The van der Waals surface area contributed by atoms with Crippen LogP contribution < -0.4 is 0 Å². The van der Waals surface area contributed by atoms with Gasteiger partial charge in [0.2, 0.25) is 0 Å². The molecule has 18 heavy (non-hydrogen) atoms. The molecule has 0 saturated carbocycles. The first-order chi connectivity index (χ1) is 8.51. The van der Waals surface area contributed by atoms with Crippen LogP contribution in [-0.4, -0.2) is 10.2 Å². The Morgan fingerprint density at radius 3 is 2.56 bits per heavy atom. The summed E-state index contributed by atoms with van der Waals surface area (Å²) in [4.78, 5) is 4.68. The number of pyridine rings is 1. The molecule has 1 aromatic carbocycles. The molecule has 0 radical (unpaired) electrons. The summed E-state index contributed by atoms with van der Waals surface area (Å²) in [5.74, 6) is 0. The monoisotopic (exact) mass is 256 g/mol. The van der Waals surface area contributed by atoms with E-state index >= 15 is 0 Å². The third-order valence-electron chi connectivity index (χ3n) is 2.91. The maximum atomic E-state index is 8.87. The van der Waals surface area contributed by atoms with Gasteiger partial charge < -0.3 is 0 Å². The van der Waals surface area contributed by atoms with Crippen LogP contribution in [0.3, 0.4) is 0 Å². The lowest BCUT2D eigenvalue weighted by Gasteiger charge is -2.10. The first kappa shape index (κ1) is 12.9. The lowest BCUT2D eigenvalue weighted by Crippen LogP contribution is -1.95. The van der Waals surface area contributed by atoms with Crippen molar-refractivity contribution in [2.75, 3.05) is 0 Å². The van der Waals surface area contributed by atoms with Crippen LogP contribution >= 0.6 is 11.8 Å². The zero-order chi connectivity index (χ0) is 13.3. The van der Waals surface area contributed by atoms with Crippen LogP contribution in [0.25, 0.3) is 10.9 Å². The van der Waals surface area contributed by atoms with Gasteiger partial charge in [0.1, 0.15) is 0 Å². The van der Waals surface area contributed by atoms with Crippen molar-refractivity contribution >= 4 is 22.7 Å². The zero-order valence-electron chi connectivity index (χ0n) is 11.1. The number of benzene rings is 1. The summed E-state index contributed by atoms with van der Waals surface area (Å²) in [5.41, 5.74) is 4.73. The van der Waals surface area contributed by atoms with E-state index in [0.29, 0.717) is 0 Å². The van der Waals surface area contributed by atoms with Gasteiger partial charge in [-0.15, -0.1) is 0 Å². The second-order valence-electron chi connectivity index (χ2n) is 4.64. The van der Waals surface area contributed by atoms with Gasteiger partial charge in [-0.3, -0.25) is 0 Å². The molecule has 0 bridgehead atoms. The molecule has 0 saturated heterocycles. The van der Waals surface area contributed by atoms with Crippen LogP contribution in [0.15, 0.2) is 23.2 Å². The van der Waals surface area contributed by atoms with Gasteiger partial charge in [-0.2, -0.15) is 5.26 Å². The molecule has 2 aromatic rings. The summed E-state index contributed by atoms with van der Waals surface area (Å²) in [5, 5.41) is 10.9. The number of hydrogen-bond acceptors (Lipinski definition) is 3. The summed E-state index contributed by atoms with van der Waals surface area (Å²) < 4.78 is 0. The maximum Gasteiger partial charge on any atom is 0.0983 e. The van der Waals surface area contributed by atoms with E-state index in [1.54, 1.807) is 0 Å². The minimum absolute atomic E-state index is 0.0693. The highest BCUT2D eigenvalue weighted by molar-refractivity contribution is 8.00. The van der Waals surface area contributed by atoms with Crippen LogP contribution in [0.5, 0.6) is 0 Å². The summed E-state index contributed by atoms with van der Waals surface area (Å²) in [6.07, 6.45) is 0. The molecular formula is C15H16N2S. The van der Waals surface area contributed by atoms with Gasteiger partial charge in [-0.25, -0.2) is 4.98 Å². The second-order valence-corrected chi connectivity index (χ2v) is 6.01. The summed E-state index contributed by atoms with van der Waals surface area (Å²) in [6.45, 7) is 8.19. The number of aryl methyl sites for hydroxylation is 3. The number of hydrogen-bond donors (Lipinski definition) is 0. The number of fused-ring (bicyclic) bond motifs is 1. The van der Waals surface area contributed by atoms with Gasteiger partial charge in [0.05, 0.1) is 21.9 Å². The molecular weight excluding hydrogens is 240 g/mol. The lowest BCUT2D eigenvalue weighted by atomic mass is 10.0. The largest absolute Gasteiger partial charge is 0.241 e. The van der Waals surface area contributed by atoms with E-state index in [1.165, 1.54) is 33.8 Å². The Hall–Kier alpha value is -1.53. The van der Waals surface area contributed by atoms with Gasteiger partial charge in [-0.1, -0.05) is 23.4 Å². The van der Waals surface area contributed by atoms with Crippen LogP contribution in [-0.2, 0) is 0 Å². The molecule has 0 aliphatic heterocycles. The van der Waals surface area contributed by atoms with E-state index in [-0.39, 0.29) is 5.25 Å². The van der Waals surface area contributed by atoms with Gasteiger partial charge >= 0.3 is 0 Å². The molecule has 3 heteroatoms. The molecule has 0 N–H and O–H groups in total. The minimum Gasteiger partial charge on any atom is -0.241 e. The topological polar surface area (TPSA) is 36.7 Å². The predicted molar refractivity (Wildman–Crippen MR) is 76.9 cm³/mol. The lowest BCUT2D eigenvalue weighted by molar-refractivity contribution is 1.14. The normalized spacial score (nSPS) is 12.4. The molecule has 1 heterocycles. The minimum atomic E-state index is -0.0693. The van der Waals surface area contributed by atoms with Gasteiger partial charge in [0.25, 0.3) is 0 Å². The fourth-order valence-electron chi connectivity index (χ4n) is 2.08. The predicted octanol–water partition coefficient (Wildman–Crippen LogP) is 4.16. The van der Waals surface area contributed by atoms with Crippen LogP contribution in [0.4, 0.5) is 0 Å². The Morgan fingerprint density at radius 1 is 1.17 bits per heavy atom. The van der Waals surface area contributed by atoms with Gasteiger partial charge in [-0.05, 0) is 51.0 Å². The average Bonchev–Trinajstić information content (AvgIpc) is 2.30. The molecule has 0 amide bonds. The third kappa shape index (κ3) is 2.49. The molecule has 1 aromatic heterocycles. The SMILES string of the molecule is Cc1cc(C)c2nc(S[C@@H](C)C#N)cc(C)c2c1. The fourth-order valence-corrected chi connectivity index (χ4v) is 2.89. The quantitative estimate of drug-likeness (QED) is 0.757. The van der Waals surface area contributed by atoms with Crippen molar-refractivity contribution in [2.24, 2.45) is 0 Å². The van der Waals surface area contributed by atoms with E-state index in [0.717, 1.165) is 10.5 Å². The van der Waals surface area contributed by atoms with Crippen molar-refractivity contribution in [3.05, 3.63) is 34.9 Å². The smallest absolute Gasteiger partial charge is 0.0983 e. The highest BCUT2D eigenvalue weighted by Gasteiger charge is 2.09. The fraction of sp³-hybridized carbons (Fsp3) is 0.333. The van der Waals surface area contributed by atoms with Crippen molar-refractivity contribution in [2.45, 2.75) is 38.0 Å². The van der Waals surface area contributed by atoms with Gasteiger partial charge in [0.15, 0.2) is 0 Å². The maximum absolute atomic E-state index is 8.87. The number of aromatic nitrogens is 1.